The number of para-hydroxylation sites is 1. The van der Waals surface area contributed by atoms with Crippen molar-refractivity contribution in [3.8, 4) is 11.5 Å². The minimum atomic E-state index is -2.83. The van der Waals surface area contributed by atoms with Gasteiger partial charge in [0.15, 0.2) is 23.9 Å². The second-order valence-corrected chi connectivity index (χ2v) is 13.4. The van der Waals surface area contributed by atoms with Crippen molar-refractivity contribution in [2.24, 2.45) is 5.92 Å². The minimum Gasteiger partial charge on any atom is -0.493 e. The van der Waals surface area contributed by atoms with E-state index in [1.165, 1.54) is 37.3 Å². The molecule has 3 aliphatic heterocycles. The number of ether oxygens (including phenoxy) is 4. The zero-order chi connectivity index (χ0) is 36.1. The van der Waals surface area contributed by atoms with Gasteiger partial charge in [-0.2, -0.15) is 0 Å². The molecule has 1 aromatic heterocycles. The Morgan fingerprint density at radius 1 is 0.941 bits per heavy atom. The van der Waals surface area contributed by atoms with Crippen molar-refractivity contribution in [2.45, 2.75) is 44.4 Å². The maximum atomic E-state index is 14.2. The lowest BCUT2D eigenvalue weighted by Crippen LogP contribution is -2.53. The summed E-state index contributed by atoms with van der Waals surface area (Å²) in [4.78, 5) is 34.0. The molecule has 2 bridgehead atoms. The van der Waals surface area contributed by atoms with Crippen LogP contribution in [0.3, 0.4) is 0 Å². The van der Waals surface area contributed by atoms with Crippen LogP contribution in [0.4, 0.5) is 19.3 Å². The number of carbonyl (C=O) groups is 2. The Morgan fingerprint density at radius 2 is 1.67 bits per heavy atom. The Kier molecular flexibility index (Phi) is 11.6. The molecule has 268 valence electrons. The highest BCUT2D eigenvalue weighted by Crippen LogP contribution is 2.37. The lowest BCUT2D eigenvalue weighted by atomic mass is 9.86. The van der Waals surface area contributed by atoms with Crippen LogP contribution in [0.1, 0.15) is 58.0 Å². The summed E-state index contributed by atoms with van der Waals surface area (Å²) in [6.45, 7) is 2.39. The first-order valence-electron chi connectivity index (χ1n) is 16.6. The van der Waals surface area contributed by atoms with E-state index in [9.17, 15) is 18.4 Å². The Labute approximate surface area is 305 Å². The molecule has 51 heavy (non-hydrogen) atoms. The second kappa shape index (κ2) is 16.3. The smallest absolute Gasteiger partial charge is 0.414 e. The largest absolute Gasteiger partial charge is 0.493 e. The van der Waals surface area contributed by atoms with Gasteiger partial charge in [-0.25, -0.2) is 23.4 Å². The molecule has 9 nitrogen and oxygen atoms in total. The number of nitrogens with one attached hydrogen (secondary N) is 1. The van der Waals surface area contributed by atoms with Crippen molar-refractivity contribution in [3.05, 3.63) is 117 Å². The van der Waals surface area contributed by atoms with Crippen molar-refractivity contribution >= 4 is 41.0 Å². The number of anilines is 1. The lowest BCUT2D eigenvalue weighted by Gasteiger charge is -2.44. The first-order chi connectivity index (χ1) is 24.6. The van der Waals surface area contributed by atoms with Gasteiger partial charge in [-0.1, -0.05) is 59.6 Å². The Morgan fingerprint density at radius 3 is 2.33 bits per heavy atom. The summed E-state index contributed by atoms with van der Waals surface area (Å²) in [6.07, 6.45) is 0.395. The molecule has 1 amide bonds. The van der Waals surface area contributed by atoms with E-state index in [-0.39, 0.29) is 41.8 Å². The van der Waals surface area contributed by atoms with Gasteiger partial charge >= 0.3 is 12.1 Å². The SMILES string of the molecule is COc1ccc([C@H](Cc2c(Cl)c[nH+]cc2Cl)OC(=O)c2cccc(CN(C(=O)O[C@H]3CN4CCC3CC4)c3ccccc3C(F)F)c2)cc1OC. The normalized spacial score (nSPS) is 18.6. The van der Waals surface area contributed by atoms with Crippen molar-refractivity contribution in [3.63, 3.8) is 0 Å². The number of aromatic amines is 1. The number of piperidine rings is 3. The highest BCUT2D eigenvalue weighted by molar-refractivity contribution is 6.35. The number of alkyl halides is 2. The van der Waals surface area contributed by atoms with Gasteiger partial charge in [-0.05, 0) is 73.3 Å². The highest BCUT2D eigenvalue weighted by atomic mass is 35.5. The molecule has 0 spiro atoms. The van der Waals surface area contributed by atoms with E-state index in [0.29, 0.717) is 44.8 Å². The quantitative estimate of drug-likeness (QED) is 0.136. The molecule has 3 saturated heterocycles. The van der Waals surface area contributed by atoms with E-state index < -0.39 is 24.6 Å². The average Bonchev–Trinajstić information content (AvgIpc) is 3.15. The fourth-order valence-electron chi connectivity index (χ4n) is 6.72. The van der Waals surface area contributed by atoms with Gasteiger partial charge in [0, 0.05) is 24.1 Å². The summed E-state index contributed by atoms with van der Waals surface area (Å²) >= 11 is 13.0. The molecule has 3 aromatic carbocycles. The molecular formula is C38H38Cl2F2N3O6+. The maximum absolute atomic E-state index is 14.2. The predicted molar refractivity (Wildman–Crippen MR) is 188 cm³/mol. The van der Waals surface area contributed by atoms with E-state index in [2.05, 4.69) is 9.88 Å². The van der Waals surface area contributed by atoms with Crippen molar-refractivity contribution < 1.29 is 42.3 Å². The van der Waals surface area contributed by atoms with E-state index in [0.717, 1.165) is 25.9 Å². The summed E-state index contributed by atoms with van der Waals surface area (Å²) in [5.41, 5.74) is 1.59. The topological polar surface area (TPSA) is 91.7 Å². The average molecular weight is 742 g/mol. The van der Waals surface area contributed by atoms with E-state index in [4.69, 9.17) is 42.1 Å². The Balaban J connectivity index is 1.28. The molecular weight excluding hydrogens is 703 g/mol. The Bertz CT molecular complexity index is 1850. The van der Waals surface area contributed by atoms with Gasteiger partial charge in [0.1, 0.15) is 22.3 Å². The molecule has 0 saturated carbocycles. The molecule has 1 N–H and O–H groups in total. The molecule has 7 rings (SSSR count). The lowest BCUT2D eigenvalue weighted by molar-refractivity contribution is -0.377. The van der Waals surface area contributed by atoms with Gasteiger partial charge < -0.3 is 18.9 Å². The van der Waals surface area contributed by atoms with E-state index in [1.54, 1.807) is 60.9 Å². The second-order valence-electron chi connectivity index (χ2n) is 12.5. The number of methoxy groups -OCH3 is 2. The van der Waals surface area contributed by atoms with Crippen molar-refractivity contribution in [2.75, 3.05) is 38.8 Å². The van der Waals surface area contributed by atoms with E-state index in [1.807, 2.05) is 0 Å². The molecule has 2 atom stereocenters. The van der Waals surface area contributed by atoms with Gasteiger partial charge in [0.05, 0.1) is 32.0 Å². The molecule has 4 aromatic rings. The van der Waals surface area contributed by atoms with Gasteiger partial charge in [-0.15, -0.1) is 0 Å². The van der Waals surface area contributed by atoms with Crippen LogP contribution >= 0.6 is 23.2 Å². The first kappa shape index (κ1) is 36.3. The van der Waals surface area contributed by atoms with Crippen LogP contribution in [-0.4, -0.2) is 56.9 Å². The summed E-state index contributed by atoms with van der Waals surface area (Å²) in [5.74, 6) is 0.489. The monoisotopic (exact) mass is 740 g/mol. The van der Waals surface area contributed by atoms with Gasteiger partial charge in [0.25, 0.3) is 6.43 Å². The molecule has 13 heteroatoms. The van der Waals surface area contributed by atoms with Crippen LogP contribution in [0, 0.1) is 5.92 Å². The van der Waals surface area contributed by atoms with Crippen LogP contribution in [0.5, 0.6) is 11.5 Å². The number of pyridine rings is 1. The number of carbonyl (C=O) groups excluding carboxylic acids is 2. The van der Waals surface area contributed by atoms with Crippen LogP contribution in [-0.2, 0) is 22.4 Å². The number of esters is 1. The fourth-order valence-corrected chi connectivity index (χ4v) is 7.25. The molecule has 0 unspecified atom stereocenters. The number of rotatable bonds is 12. The zero-order valence-electron chi connectivity index (χ0n) is 28.1. The van der Waals surface area contributed by atoms with Crippen LogP contribution in [0.15, 0.2) is 79.1 Å². The number of hydrogen-bond acceptors (Lipinski definition) is 7. The molecule has 0 radical (unpaired) electrons. The number of aromatic nitrogens is 1. The molecule has 0 aliphatic carbocycles. The zero-order valence-corrected chi connectivity index (χ0v) is 29.6. The van der Waals surface area contributed by atoms with Crippen molar-refractivity contribution in [1.29, 1.82) is 0 Å². The molecule has 3 fully saturated rings. The predicted octanol–water partition coefficient (Wildman–Crippen LogP) is 8.14. The number of amides is 1. The Hall–Kier alpha value is -4.45. The van der Waals surface area contributed by atoms with Gasteiger partial charge in [-0.3, -0.25) is 9.80 Å². The first-order valence-corrected chi connectivity index (χ1v) is 17.3. The van der Waals surface area contributed by atoms with Crippen LogP contribution in [0.2, 0.25) is 10.0 Å². The summed E-state index contributed by atoms with van der Waals surface area (Å²) in [5, 5.41) is 0.723. The number of fused-ring (bicyclic) bond motifs is 3. The third-order valence-corrected chi connectivity index (χ3v) is 10.1. The number of hydrogen-bond donors (Lipinski definition) is 0. The molecule has 3 aliphatic rings. The van der Waals surface area contributed by atoms with Crippen molar-refractivity contribution in [1.82, 2.24) is 4.90 Å². The minimum absolute atomic E-state index is 0.0362. The maximum Gasteiger partial charge on any atom is 0.414 e. The number of benzene rings is 3. The molecule has 4 heterocycles. The number of H-pyrrole nitrogens is 1. The fraction of sp³-hybridized carbons (Fsp3) is 0.342. The summed E-state index contributed by atoms with van der Waals surface area (Å²) < 4.78 is 51.4. The van der Waals surface area contributed by atoms with E-state index >= 15 is 0 Å². The standard InChI is InChI=1S/C38H37Cl2F2N3O6/c1-48-32-11-10-25(17-34(32)49-2)33(18-28-29(39)19-43-20-30(28)40)50-37(46)26-7-5-6-23(16-26)21-45(31-9-4-3-8-27(31)36(41)42)38(47)51-35-22-44-14-12-24(35)13-15-44/h3-11,16-17,19-20,24,33,35-36H,12-15,18,21-22H2,1-2H3/p+1/t33-,35-/m0/s1. The third kappa shape index (κ3) is 8.38. The van der Waals surface area contributed by atoms with Gasteiger partial charge in [0.2, 0.25) is 0 Å². The number of halogens is 4. The van der Waals surface area contributed by atoms with Crippen LogP contribution < -0.4 is 19.4 Å². The summed E-state index contributed by atoms with van der Waals surface area (Å²) in [7, 11) is 3.03. The van der Waals surface area contributed by atoms with Crippen LogP contribution in [0.25, 0.3) is 0 Å². The number of nitrogens with zero attached hydrogens (tertiary/aromatic N) is 2. The highest BCUT2D eigenvalue weighted by Gasteiger charge is 2.38. The summed E-state index contributed by atoms with van der Waals surface area (Å²) in [6, 6.07) is 17.6. The third-order valence-electron chi connectivity index (χ3n) is 9.45.